The van der Waals surface area contributed by atoms with Gasteiger partial charge in [-0.3, -0.25) is 0 Å². The Morgan fingerprint density at radius 3 is 2.64 bits per heavy atom. The van der Waals surface area contributed by atoms with Crippen LogP contribution >= 0.6 is 34.4 Å². The molecule has 1 aromatic heterocycles. The number of aromatic nitrogens is 2. The van der Waals surface area contributed by atoms with Gasteiger partial charge >= 0.3 is 0 Å². The van der Waals surface area contributed by atoms with Crippen molar-refractivity contribution in [1.82, 2.24) is 9.97 Å². The molecule has 0 bridgehead atoms. The standard InChI is InChI=1S/C9H12IN3S/c1-14-8-3-2-7(8)13-9-11-4-6(10)5-12-9/h4-5,7-8H,2-3H2,1H3,(H,11,12,13). The van der Waals surface area contributed by atoms with Crippen molar-refractivity contribution in [1.29, 1.82) is 0 Å². The van der Waals surface area contributed by atoms with Gasteiger partial charge in [0.25, 0.3) is 0 Å². The zero-order valence-electron chi connectivity index (χ0n) is 7.90. The first kappa shape index (κ1) is 10.5. The van der Waals surface area contributed by atoms with E-state index < -0.39 is 0 Å². The predicted octanol–water partition coefficient (Wildman–Crippen LogP) is 2.39. The summed E-state index contributed by atoms with van der Waals surface area (Å²) >= 11 is 4.13. The third-order valence-electron chi connectivity index (χ3n) is 2.45. The highest BCUT2D eigenvalue weighted by molar-refractivity contribution is 14.1. The SMILES string of the molecule is CSC1CCC1Nc1ncc(I)cn1. The van der Waals surface area contributed by atoms with Crippen molar-refractivity contribution in [2.75, 3.05) is 11.6 Å². The number of halogens is 1. The van der Waals surface area contributed by atoms with Gasteiger partial charge in [0, 0.05) is 27.3 Å². The largest absolute Gasteiger partial charge is 0.350 e. The molecular weight excluding hydrogens is 309 g/mol. The van der Waals surface area contributed by atoms with Gasteiger partial charge in [-0.25, -0.2) is 9.97 Å². The minimum Gasteiger partial charge on any atom is -0.350 e. The molecule has 1 aliphatic carbocycles. The molecule has 1 aliphatic rings. The highest BCUT2D eigenvalue weighted by Gasteiger charge is 2.30. The van der Waals surface area contributed by atoms with Crippen molar-refractivity contribution in [3.05, 3.63) is 16.0 Å². The van der Waals surface area contributed by atoms with Crippen LogP contribution < -0.4 is 5.32 Å². The molecule has 0 saturated heterocycles. The summed E-state index contributed by atoms with van der Waals surface area (Å²) in [6.45, 7) is 0. The lowest BCUT2D eigenvalue weighted by Gasteiger charge is -2.35. The Hall–Kier alpha value is -0.0400. The quantitative estimate of drug-likeness (QED) is 0.868. The Balaban J connectivity index is 1.94. The molecule has 0 aliphatic heterocycles. The van der Waals surface area contributed by atoms with Crippen LogP contribution in [-0.4, -0.2) is 27.5 Å². The summed E-state index contributed by atoms with van der Waals surface area (Å²) in [5.74, 6) is 0.758. The normalized spacial score (nSPS) is 25.6. The second kappa shape index (κ2) is 4.65. The van der Waals surface area contributed by atoms with E-state index in [1.807, 2.05) is 24.2 Å². The first-order valence-electron chi connectivity index (χ1n) is 4.56. The monoisotopic (exact) mass is 321 g/mol. The van der Waals surface area contributed by atoms with Crippen LogP contribution in [0.4, 0.5) is 5.95 Å². The van der Waals surface area contributed by atoms with Gasteiger partial charge in [0.1, 0.15) is 0 Å². The summed E-state index contributed by atoms with van der Waals surface area (Å²) in [6.07, 6.45) is 8.38. The van der Waals surface area contributed by atoms with E-state index in [1.165, 1.54) is 12.8 Å². The number of nitrogens with zero attached hydrogens (tertiary/aromatic N) is 2. The van der Waals surface area contributed by atoms with E-state index in [1.54, 1.807) is 0 Å². The lowest BCUT2D eigenvalue weighted by Crippen LogP contribution is -2.41. The second-order valence-electron chi connectivity index (χ2n) is 3.33. The Morgan fingerprint density at radius 2 is 2.14 bits per heavy atom. The van der Waals surface area contributed by atoms with Gasteiger partial charge in [-0.2, -0.15) is 11.8 Å². The highest BCUT2D eigenvalue weighted by atomic mass is 127. The van der Waals surface area contributed by atoms with Crippen LogP contribution in [0.15, 0.2) is 12.4 Å². The Kier molecular flexibility index (Phi) is 3.48. The molecule has 3 nitrogen and oxygen atoms in total. The highest BCUT2D eigenvalue weighted by Crippen LogP contribution is 2.31. The van der Waals surface area contributed by atoms with Crippen LogP contribution in [0.3, 0.4) is 0 Å². The Morgan fingerprint density at radius 1 is 1.43 bits per heavy atom. The molecule has 0 radical (unpaired) electrons. The minimum absolute atomic E-state index is 0.560. The van der Waals surface area contributed by atoms with Crippen molar-refractivity contribution in [3.8, 4) is 0 Å². The zero-order valence-corrected chi connectivity index (χ0v) is 10.9. The van der Waals surface area contributed by atoms with Crippen LogP contribution in [-0.2, 0) is 0 Å². The molecule has 2 unspecified atom stereocenters. The van der Waals surface area contributed by atoms with Crippen molar-refractivity contribution >= 4 is 40.3 Å². The first-order valence-corrected chi connectivity index (χ1v) is 6.93. The summed E-state index contributed by atoms with van der Waals surface area (Å²) in [6, 6.07) is 0.560. The fourth-order valence-corrected chi connectivity index (χ4v) is 2.65. The predicted molar refractivity (Wildman–Crippen MR) is 68.7 cm³/mol. The van der Waals surface area contributed by atoms with Gasteiger partial charge in [-0.1, -0.05) is 0 Å². The number of anilines is 1. The molecule has 0 spiro atoms. The number of hydrogen-bond acceptors (Lipinski definition) is 4. The smallest absolute Gasteiger partial charge is 0.222 e. The molecular formula is C9H12IN3S. The number of nitrogens with one attached hydrogen (secondary N) is 1. The Labute approximate surface area is 102 Å². The van der Waals surface area contributed by atoms with E-state index in [9.17, 15) is 0 Å². The van der Waals surface area contributed by atoms with E-state index in [0.717, 1.165) is 14.8 Å². The molecule has 1 saturated carbocycles. The van der Waals surface area contributed by atoms with Gasteiger partial charge < -0.3 is 5.32 Å². The van der Waals surface area contributed by atoms with Gasteiger partial charge in [-0.05, 0) is 41.7 Å². The van der Waals surface area contributed by atoms with Crippen LogP contribution in [0.5, 0.6) is 0 Å². The lowest BCUT2D eigenvalue weighted by atomic mass is 9.92. The van der Waals surface area contributed by atoms with E-state index in [4.69, 9.17) is 0 Å². The van der Waals surface area contributed by atoms with E-state index >= 15 is 0 Å². The average molecular weight is 321 g/mol. The van der Waals surface area contributed by atoms with Crippen LogP contribution in [0.25, 0.3) is 0 Å². The molecule has 76 valence electrons. The maximum Gasteiger partial charge on any atom is 0.222 e. The number of rotatable bonds is 3. The summed E-state index contributed by atoms with van der Waals surface area (Å²) in [5.41, 5.74) is 0. The van der Waals surface area contributed by atoms with Crippen molar-refractivity contribution in [2.24, 2.45) is 0 Å². The van der Waals surface area contributed by atoms with E-state index in [2.05, 4.69) is 44.1 Å². The first-order chi connectivity index (χ1) is 6.79. The van der Waals surface area contributed by atoms with Gasteiger partial charge in [0.05, 0.1) is 0 Å². The third-order valence-corrected chi connectivity index (χ3v) is 4.18. The van der Waals surface area contributed by atoms with Crippen LogP contribution in [0.1, 0.15) is 12.8 Å². The third kappa shape index (κ3) is 2.31. The fraction of sp³-hybridized carbons (Fsp3) is 0.556. The van der Waals surface area contributed by atoms with E-state index in [0.29, 0.717) is 6.04 Å². The molecule has 1 aromatic rings. The molecule has 1 fully saturated rings. The topological polar surface area (TPSA) is 37.8 Å². The molecule has 2 atom stereocenters. The molecule has 0 amide bonds. The van der Waals surface area contributed by atoms with Crippen LogP contribution in [0.2, 0.25) is 0 Å². The lowest BCUT2D eigenvalue weighted by molar-refractivity contribution is 0.460. The average Bonchev–Trinajstić information content (AvgIpc) is 2.16. The zero-order chi connectivity index (χ0) is 9.97. The van der Waals surface area contributed by atoms with Gasteiger partial charge in [0.15, 0.2) is 0 Å². The molecule has 2 rings (SSSR count). The van der Waals surface area contributed by atoms with Crippen molar-refractivity contribution in [3.63, 3.8) is 0 Å². The summed E-state index contributed by atoms with van der Waals surface area (Å²) in [7, 11) is 0. The molecule has 0 aromatic carbocycles. The summed E-state index contributed by atoms with van der Waals surface area (Å²) in [5, 5.41) is 4.09. The molecule has 5 heteroatoms. The Bertz CT molecular complexity index is 301. The number of thioether (sulfide) groups is 1. The maximum absolute atomic E-state index is 4.23. The number of hydrogen-bond donors (Lipinski definition) is 1. The second-order valence-corrected chi connectivity index (χ2v) is 5.65. The van der Waals surface area contributed by atoms with Crippen molar-refractivity contribution < 1.29 is 0 Å². The van der Waals surface area contributed by atoms with Crippen LogP contribution in [0, 0.1) is 3.57 Å². The minimum atomic E-state index is 0.560. The summed E-state index contributed by atoms with van der Waals surface area (Å²) < 4.78 is 1.07. The molecule has 14 heavy (non-hydrogen) atoms. The van der Waals surface area contributed by atoms with Gasteiger partial charge in [-0.15, -0.1) is 0 Å². The molecule has 1 N–H and O–H groups in total. The molecule has 1 heterocycles. The maximum atomic E-state index is 4.23. The fourth-order valence-electron chi connectivity index (χ4n) is 1.47. The van der Waals surface area contributed by atoms with E-state index in [-0.39, 0.29) is 0 Å². The summed E-state index contributed by atoms with van der Waals surface area (Å²) in [4.78, 5) is 8.46. The van der Waals surface area contributed by atoms with Gasteiger partial charge in [0.2, 0.25) is 5.95 Å². The van der Waals surface area contributed by atoms with Crippen molar-refractivity contribution in [2.45, 2.75) is 24.1 Å².